The molecule has 0 amide bonds. The molecule has 0 N–H and O–H groups in total. The van der Waals surface area contributed by atoms with Crippen LogP contribution in [0.3, 0.4) is 0 Å². The minimum absolute atomic E-state index is 0.442. The Labute approximate surface area is 76.6 Å². The number of Topliss-reactive ketones (excluding diaryl/α,β-unsaturated/α-hetero) is 1. The summed E-state index contributed by atoms with van der Waals surface area (Å²) in [6.07, 6.45) is 3.67. The van der Waals surface area contributed by atoms with E-state index in [0.717, 1.165) is 25.7 Å². The lowest BCUT2D eigenvalue weighted by molar-refractivity contribution is -0.119. The zero-order valence-corrected chi connectivity index (χ0v) is 8.89. The summed E-state index contributed by atoms with van der Waals surface area (Å²) in [6, 6.07) is 0. The van der Waals surface area contributed by atoms with Crippen LogP contribution in [0.4, 0.5) is 0 Å². The summed E-state index contributed by atoms with van der Waals surface area (Å²) >= 11 is 0. The second-order valence-electron chi connectivity index (χ2n) is 4.40. The molecule has 0 heterocycles. The van der Waals surface area contributed by atoms with Crippen molar-refractivity contribution < 1.29 is 4.79 Å². The zero-order valence-electron chi connectivity index (χ0n) is 8.89. The van der Waals surface area contributed by atoms with Crippen molar-refractivity contribution >= 4 is 5.78 Å². The van der Waals surface area contributed by atoms with Gasteiger partial charge >= 0.3 is 0 Å². The summed E-state index contributed by atoms with van der Waals surface area (Å²) in [5.41, 5.74) is 0. The van der Waals surface area contributed by atoms with Gasteiger partial charge in [-0.05, 0) is 24.7 Å². The van der Waals surface area contributed by atoms with Crippen LogP contribution in [0.1, 0.15) is 53.4 Å². The molecule has 0 aromatic carbocycles. The highest BCUT2D eigenvalue weighted by Crippen LogP contribution is 2.09. The van der Waals surface area contributed by atoms with Gasteiger partial charge in [0.05, 0.1) is 0 Å². The average molecular weight is 170 g/mol. The molecule has 0 aromatic rings. The van der Waals surface area contributed by atoms with Crippen molar-refractivity contribution in [2.75, 3.05) is 0 Å². The fourth-order valence-corrected chi connectivity index (χ4v) is 1.02. The largest absolute Gasteiger partial charge is 0.300 e. The third-order valence-corrected chi connectivity index (χ3v) is 2.00. The SMILES string of the molecule is CC(C)CCC(=O)CCC(C)C. The molecule has 0 saturated carbocycles. The summed E-state index contributed by atoms with van der Waals surface area (Å²) in [5, 5.41) is 0. The predicted octanol–water partition coefficient (Wildman–Crippen LogP) is 3.43. The molecule has 0 atom stereocenters. The number of rotatable bonds is 6. The van der Waals surface area contributed by atoms with Gasteiger partial charge < -0.3 is 0 Å². The first kappa shape index (κ1) is 11.7. The van der Waals surface area contributed by atoms with E-state index in [1.54, 1.807) is 0 Å². The van der Waals surface area contributed by atoms with E-state index in [4.69, 9.17) is 0 Å². The Morgan fingerprint density at radius 1 is 0.917 bits per heavy atom. The highest BCUT2D eigenvalue weighted by Gasteiger charge is 2.04. The second-order valence-corrected chi connectivity index (χ2v) is 4.40. The van der Waals surface area contributed by atoms with Crippen LogP contribution in [-0.2, 0) is 4.79 Å². The van der Waals surface area contributed by atoms with E-state index in [0.29, 0.717) is 17.6 Å². The fraction of sp³-hybridized carbons (Fsp3) is 0.909. The summed E-state index contributed by atoms with van der Waals surface area (Å²) in [6.45, 7) is 8.65. The van der Waals surface area contributed by atoms with Crippen LogP contribution < -0.4 is 0 Å². The van der Waals surface area contributed by atoms with Crippen LogP contribution in [0.5, 0.6) is 0 Å². The van der Waals surface area contributed by atoms with Gasteiger partial charge in [0.1, 0.15) is 5.78 Å². The van der Waals surface area contributed by atoms with Crippen LogP contribution in [0.15, 0.2) is 0 Å². The molecular formula is C11H22O. The number of ketones is 1. The second kappa shape index (κ2) is 6.22. The van der Waals surface area contributed by atoms with Gasteiger partial charge in [0.25, 0.3) is 0 Å². The lowest BCUT2D eigenvalue weighted by atomic mass is 10.0. The Morgan fingerprint density at radius 3 is 1.50 bits per heavy atom. The Bertz CT molecular complexity index is 111. The fourth-order valence-electron chi connectivity index (χ4n) is 1.02. The Morgan fingerprint density at radius 2 is 1.25 bits per heavy atom. The molecule has 0 bridgehead atoms. The molecule has 0 aliphatic heterocycles. The lowest BCUT2D eigenvalue weighted by Crippen LogP contribution is -2.02. The molecule has 0 fully saturated rings. The van der Waals surface area contributed by atoms with E-state index in [9.17, 15) is 4.79 Å². The van der Waals surface area contributed by atoms with Crippen molar-refractivity contribution in [3.8, 4) is 0 Å². The third kappa shape index (κ3) is 7.77. The lowest BCUT2D eigenvalue weighted by Gasteiger charge is -2.05. The van der Waals surface area contributed by atoms with E-state index in [1.165, 1.54) is 0 Å². The van der Waals surface area contributed by atoms with Crippen molar-refractivity contribution in [3.63, 3.8) is 0 Å². The maximum Gasteiger partial charge on any atom is 0.132 e. The number of hydrogen-bond acceptors (Lipinski definition) is 1. The molecule has 0 aromatic heterocycles. The van der Waals surface area contributed by atoms with Gasteiger partial charge in [-0.1, -0.05) is 27.7 Å². The first-order valence-electron chi connectivity index (χ1n) is 5.04. The minimum Gasteiger partial charge on any atom is -0.300 e. The topological polar surface area (TPSA) is 17.1 Å². The third-order valence-electron chi connectivity index (χ3n) is 2.00. The molecule has 1 nitrogen and oxygen atoms in total. The van der Waals surface area contributed by atoms with E-state index < -0.39 is 0 Å². The Kier molecular flexibility index (Phi) is 6.04. The minimum atomic E-state index is 0.442. The standard InChI is InChI=1S/C11H22O/c1-9(2)5-7-11(12)8-6-10(3)4/h9-10H,5-8H2,1-4H3. The molecule has 1 heteroatoms. The molecule has 0 aliphatic rings. The molecule has 0 unspecified atom stereocenters. The maximum absolute atomic E-state index is 11.3. The van der Waals surface area contributed by atoms with Gasteiger partial charge in [-0.2, -0.15) is 0 Å². The van der Waals surface area contributed by atoms with E-state index >= 15 is 0 Å². The van der Waals surface area contributed by atoms with Crippen LogP contribution >= 0.6 is 0 Å². The average Bonchev–Trinajstić information content (AvgIpc) is 1.96. The zero-order chi connectivity index (χ0) is 9.56. The molecule has 0 saturated heterocycles. The first-order valence-corrected chi connectivity index (χ1v) is 5.04. The summed E-state index contributed by atoms with van der Waals surface area (Å²) in [7, 11) is 0. The van der Waals surface area contributed by atoms with E-state index in [2.05, 4.69) is 27.7 Å². The molecule has 0 aliphatic carbocycles. The van der Waals surface area contributed by atoms with Crippen LogP contribution in [-0.4, -0.2) is 5.78 Å². The van der Waals surface area contributed by atoms with Crippen LogP contribution in [0.2, 0.25) is 0 Å². The van der Waals surface area contributed by atoms with Gasteiger partial charge in [0.2, 0.25) is 0 Å². The van der Waals surface area contributed by atoms with Crippen molar-refractivity contribution in [1.82, 2.24) is 0 Å². The summed E-state index contributed by atoms with van der Waals surface area (Å²) < 4.78 is 0. The maximum atomic E-state index is 11.3. The normalized spacial score (nSPS) is 11.2. The van der Waals surface area contributed by atoms with Gasteiger partial charge in [-0.15, -0.1) is 0 Å². The van der Waals surface area contributed by atoms with Crippen LogP contribution in [0.25, 0.3) is 0 Å². The van der Waals surface area contributed by atoms with Gasteiger partial charge in [0.15, 0.2) is 0 Å². The summed E-state index contributed by atoms with van der Waals surface area (Å²) in [4.78, 5) is 11.3. The van der Waals surface area contributed by atoms with Crippen molar-refractivity contribution in [2.45, 2.75) is 53.4 Å². The number of hydrogen-bond donors (Lipinski definition) is 0. The van der Waals surface area contributed by atoms with Gasteiger partial charge in [-0.3, -0.25) is 4.79 Å². The van der Waals surface area contributed by atoms with E-state index in [1.807, 2.05) is 0 Å². The Hall–Kier alpha value is -0.330. The molecular weight excluding hydrogens is 148 g/mol. The molecule has 0 spiro atoms. The van der Waals surface area contributed by atoms with Gasteiger partial charge in [-0.25, -0.2) is 0 Å². The first-order chi connectivity index (χ1) is 5.52. The molecule has 0 rings (SSSR count). The van der Waals surface area contributed by atoms with Gasteiger partial charge in [0, 0.05) is 12.8 Å². The molecule has 0 radical (unpaired) electrons. The monoisotopic (exact) mass is 170 g/mol. The quantitative estimate of drug-likeness (QED) is 0.597. The molecule has 72 valence electrons. The predicted molar refractivity (Wildman–Crippen MR) is 53.2 cm³/mol. The van der Waals surface area contributed by atoms with Crippen molar-refractivity contribution in [1.29, 1.82) is 0 Å². The Balaban J connectivity index is 3.34. The highest BCUT2D eigenvalue weighted by atomic mass is 16.1. The number of carbonyl (C=O) groups excluding carboxylic acids is 1. The summed E-state index contributed by atoms with van der Waals surface area (Å²) in [5.74, 6) is 1.76. The van der Waals surface area contributed by atoms with Crippen molar-refractivity contribution in [2.24, 2.45) is 11.8 Å². The van der Waals surface area contributed by atoms with Crippen molar-refractivity contribution in [3.05, 3.63) is 0 Å². The number of carbonyl (C=O) groups is 1. The molecule has 12 heavy (non-hydrogen) atoms. The van der Waals surface area contributed by atoms with E-state index in [-0.39, 0.29) is 0 Å². The van der Waals surface area contributed by atoms with Crippen LogP contribution in [0, 0.1) is 11.8 Å². The smallest absolute Gasteiger partial charge is 0.132 e. The highest BCUT2D eigenvalue weighted by molar-refractivity contribution is 5.78.